The zero-order valence-corrected chi connectivity index (χ0v) is 11.8. The summed E-state index contributed by atoms with van der Waals surface area (Å²) in [5.41, 5.74) is 0.954. The summed E-state index contributed by atoms with van der Waals surface area (Å²) in [6.07, 6.45) is -0.433. The number of hydrogen-bond acceptors (Lipinski definition) is 3. The molecule has 0 unspecified atom stereocenters. The SMILES string of the molecule is CC(C)OC(=O)N[C@@H](Cc1ccccc1)C(=O)CCl. The van der Waals surface area contributed by atoms with Crippen molar-refractivity contribution in [3.63, 3.8) is 0 Å². The number of alkyl halides is 1. The number of halogens is 1. The molecule has 0 fully saturated rings. The predicted octanol–water partition coefficient (Wildman–Crippen LogP) is 2.54. The van der Waals surface area contributed by atoms with E-state index >= 15 is 0 Å². The van der Waals surface area contributed by atoms with E-state index in [2.05, 4.69) is 5.32 Å². The molecule has 1 N–H and O–H groups in total. The van der Waals surface area contributed by atoms with Gasteiger partial charge in [0.1, 0.15) is 0 Å². The van der Waals surface area contributed by atoms with Crippen molar-refractivity contribution in [1.29, 1.82) is 0 Å². The highest BCUT2D eigenvalue weighted by atomic mass is 35.5. The Morgan fingerprint density at radius 1 is 1.26 bits per heavy atom. The fourth-order valence-corrected chi connectivity index (χ4v) is 1.76. The zero-order valence-electron chi connectivity index (χ0n) is 11.1. The van der Waals surface area contributed by atoms with Crippen molar-refractivity contribution in [2.24, 2.45) is 0 Å². The first-order chi connectivity index (χ1) is 9.02. The van der Waals surface area contributed by atoms with Gasteiger partial charge < -0.3 is 10.1 Å². The van der Waals surface area contributed by atoms with E-state index in [4.69, 9.17) is 16.3 Å². The van der Waals surface area contributed by atoms with Gasteiger partial charge >= 0.3 is 6.09 Å². The molecule has 19 heavy (non-hydrogen) atoms. The van der Waals surface area contributed by atoms with E-state index in [9.17, 15) is 9.59 Å². The summed E-state index contributed by atoms with van der Waals surface area (Å²) in [4.78, 5) is 23.3. The fourth-order valence-electron chi connectivity index (χ4n) is 1.58. The first-order valence-electron chi connectivity index (χ1n) is 6.12. The number of benzene rings is 1. The third-order valence-electron chi connectivity index (χ3n) is 2.44. The largest absolute Gasteiger partial charge is 0.447 e. The highest BCUT2D eigenvalue weighted by Crippen LogP contribution is 2.05. The Morgan fingerprint density at radius 3 is 2.42 bits per heavy atom. The second kappa shape index (κ2) is 7.79. The number of carbonyl (C=O) groups is 2. The summed E-state index contributed by atoms with van der Waals surface area (Å²) in [6.45, 7) is 3.49. The number of ketones is 1. The molecule has 0 bridgehead atoms. The third-order valence-corrected chi connectivity index (χ3v) is 2.70. The lowest BCUT2D eigenvalue weighted by atomic mass is 10.0. The van der Waals surface area contributed by atoms with Crippen LogP contribution in [0.2, 0.25) is 0 Å². The maximum absolute atomic E-state index is 11.7. The maximum atomic E-state index is 11.7. The Hall–Kier alpha value is -1.55. The molecular weight excluding hydrogens is 266 g/mol. The summed E-state index contributed by atoms with van der Waals surface area (Å²) in [6, 6.07) is 8.77. The van der Waals surface area contributed by atoms with Crippen molar-refractivity contribution >= 4 is 23.5 Å². The molecule has 0 spiro atoms. The number of hydrogen-bond donors (Lipinski definition) is 1. The summed E-state index contributed by atoms with van der Waals surface area (Å²) in [5, 5.41) is 2.55. The molecule has 104 valence electrons. The molecule has 1 aromatic rings. The smallest absolute Gasteiger partial charge is 0.407 e. The molecule has 0 aliphatic rings. The van der Waals surface area contributed by atoms with Crippen LogP contribution in [0.1, 0.15) is 19.4 Å². The monoisotopic (exact) mass is 283 g/mol. The van der Waals surface area contributed by atoms with E-state index in [0.717, 1.165) is 5.56 Å². The van der Waals surface area contributed by atoms with Crippen LogP contribution in [-0.4, -0.2) is 29.9 Å². The Morgan fingerprint density at radius 2 is 1.89 bits per heavy atom. The lowest BCUT2D eigenvalue weighted by Crippen LogP contribution is -2.43. The average Bonchev–Trinajstić information content (AvgIpc) is 2.37. The van der Waals surface area contributed by atoms with Crippen LogP contribution in [0.15, 0.2) is 30.3 Å². The molecule has 0 aliphatic carbocycles. The number of rotatable bonds is 6. The van der Waals surface area contributed by atoms with Crippen LogP contribution in [0.5, 0.6) is 0 Å². The molecule has 0 aliphatic heterocycles. The van der Waals surface area contributed by atoms with Gasteiger partial charge in [-0.15, -0.1) is 11.6 Å². The standard InChI is InChI=1S/C14H18ClNO3/c1-10(2)19-14(18)16-12(13(17)9-15)8-11-6-4-3-5-7-11/h3-7,10,12H,8-9H2,1-2H3,(H,16,18)/t12-/m0/s1. The maximum Gasteiger partial charge on any atom is 0.407 e. The number of Topliss-reactive ketones (excluding diaryl/α,β-unsaturated/α-hetero) is 1. The van der Waals surface area contributed by atoms with E-state index in [-0.39, 0.29) is 17.8 Å². The normalized spacial score (nSPS) is 12.0. The van der Waals surface area contributed by atoms with Crippen LogP contribution in [0.4, 0.5) is 4.79 Å². The molecule has 5 heteroatoms. The number of nitrogens with one attached hydrogen (secondary N) is 1. The zero-order chi connectivity index (χ0) is 14.3. The first kappa shape index (κ1) is 15.5. The van der Waals surface area contributed by atoms with Crippen molar-refractivity contribution in [1.82, 2.24) is 5.32 Å². The molecule has 1 amide bonds. The van der Waals surface area contributed by atoms with Gasteiger partial charge in [0.15, 0.2) is 5.78 Å². The van der Waals surface area contributed by atoms with Gasteiger partial charge in [0.2, 0.25) is 0 Å². The van der Waals surface area contributed by atoms with Crippen molar-refractivity contribution in [2.45, 2.75) is 32.4 Å². The van der Waals surface area contributed by atoms with E-state index in [1.807, 2.05) is 30.3 Å². The second-order valence-electron chi connectivity index (χ2n) is 4.44. The van der Waals surface area contributed by atoms with Crippen LogP contribution >= 0.6 is 11.6 Å². The van der Waals surface area contributed by atoms with Gasteiger partial charge in [-0.25, -0.2) is 4.79 Å². The lowest BCUT2D eigenvalue weighted by molar-refractivity contribution is -0.118. The van der Waals surface area contributed by atoms with Gasteiger partial charge in [0, 0.05) is 0 Å². The number of amides is 1. The molecule has 0 saturated heterocycles. The van der Waals surface area contributed by atoms with Crippen LogP contribution in [0.3, 0.4) is 0 Å². The number of carbonyl (C=O) groups excluding carboxylic acids is 2. The van der Waals surface area contributed by atoms with Crippen LogP contribution < -0.4 is 5.32 Å². The van der Waals surface area contributed by atoms with Gasteiger partial charge in [-0.1, -0.05) is 30.3 Å². The second-order valence-corrected chi connectivity index (χ2v) is 4.71. The minimum Gasteiger partial charge on any atom is -0.447 e. The molecule has 0 aromatic heterocycles. The lowest BCUT2D eigenvalue weighted by Gasteiger charge is -2.17. The Kier molecular flexibility index (Phi) is 6.36. The molecule has 1 aromatic carbocycles. The quantitative estimate of drug-likeness (QED) is 0.816. The van der Waals surface area contributed by atoms with Crippen molar-refractivity contribution in [2.75, 3.05) is 5.88 Å². The Balaban J connectivity index is 2.67. The molecule has 0 heterocycles. The van der Waals surface area contributed by atoms with Gasteiger partial charge in [0.05, 0.1) is 18.0 Å². The fraction of sp³-hybridized carbons (Fsp3) is 0.429. The van der Waals surface area contributed by atoms with Crippen LogP contribution in [0.25, 0.3) is 0 Å². The average molecular weight is 284 g/mol. The summed E-state index contributed by atoms with van der Waals surface area (Å²) >= 11 is 5.56. The highest BCUT2D eigenvalue weighted by molar-refractivity contribution is 6.28. The molecule has 1 atom stereocenters. The minimum absolute atomic E-state index is 0.139. The predicted molar refractivity (Wildman–Crippen MR) is 74.4 cm³/mol. The molecule has 0 saturated carbocycles. The minimum atomic E-state index is -0.661. The van der Waals surface area contributed by atoms with E-state index in [0.29, 0.717) is 6.42 Å². The highest BCUT2D eigenvalue weighted by Gasteiger charge is 2.21. The molecule has 0 radical (unpaired) electrons. The van der Waals surface area contributed by atoms with Crippen molar-refractivity contribution < 1.29 is 14.3 Å². The summed E-state index contributed by atoms with van der Waals surface area (Å²) < 4.78 is 4.97. The van der Waals surface area contributed by atoms with Crippen molar-refractivity contribution in [3.05, 3.63) is 35.9 Å². The molecule has 1 rings (SSSR count). The van der Waals surface area contributed by atoms with Gasteiger partial charge in [-0.3, -0.25) is 4.79 Å². The van der Waals surface area contributed by atoms with Crippen LogP contribution in [-0.2, 0) is 16.0 Å². The third kappa shape index (κ3) is 5.75. The van der Waals surface area contributed by atoms with E-state index < -0.39 is 12.1 Å². The van der Waals surface area contributed by atoms with Gasteiger partial charge in [-0.2, -0.15) is 0 Å². The first-order valence-corrected chi connectivity index (χ1v) is 6.66. The molecule has 4 nitrogen and oxygen atoms in total. The number of alkyl carbamates (subject to hydrolysis) is 1. The number of ether oxygens (including phenoxy) is 1. The van der Waals surface area contributed by atoms with Gasteiger partial charge in [0.25, 0.3) is 0 Å². The van der Waals surface area contributed by atoms with E-state index in [1.54, 1.807) is 13.8 Å². The molecular formula is C14H18ClNO3. The Bertz CT molecular complexity index is 420. The van der Waals surface area contributed by atoms with Gasteiger partial charge in [-0.05, 0) is 25.8 Å². The van der Waals surface area contributed by atoms with E-state index in [1.165, 1.54) is 0 Å². The summed E-state index contributed by atoms with van der Waals surface area (Å²) in [5.74, 6) is -0.370. The summed E-state index contributed by atoms with van der Waals surface area (Å²) in [7, 11) is 0. The van der Waals surface area contributed by atoms with Crippen LogP contribution in [0, 0.1) is 0 Å². The Labute approximate surface area is 118 Å². The van der Waals surface area contributed by atoms with Crippen molar-refractivity contribution in [3.8, 4) is 0 Å². The topological polar surface area (TPSA) is 55.4 Å².